The van der Waals surface area contributed by atoms with E-state index in [1.54, 1.807) is 0 Å². The molecule has 2 aromatic rings. The molecular weight excluding hydrogens is 281 g/mol. The number of hydrogen-bond donors (Lipinski definition) is 1. The van der Waals surface area contributed by atoms with E-state index in [9.17, 15) is 18.3 Å². The molecule has 8 heteroatoms. The van der Waals surface area contributed by atoms with E-state index in [0.717, 1.165) is 11.7 Å². The van der Waals surface area contributed by atoms with Gasteiger partial charge in [-0.1, -0.05) is 12.1 Å². The second kappa shape index (κ2) is 5.54. The summed E-state index contributed by atoms with van der Waals surface area (Å²) in [4.78, 5) is 0. The molecule has 1 atom stereocenters. The zero-order chi connectivity index (χ0) is 13.9. The van der Waals surface area contributed by atoms with E-state index in [-0.39, 0.29) is 12.2 Å². The van der Waals surface area contributed by atoms with E-state index in [2.05, 4.69) is 13.5 Å². The summed E-state index contributed by atoms with van der Waals surface area (Å²) in [5.74, 6) is -0.291. The Morgan fingerprint density at radius 2 is 1.95 bits per heavy atom. The van der Waals surface area contributed by atoms with Gasteiger partial charge < -0.3 is 9.84 Å². The lowest BCUT2D eigenvalue weighted by Crippen LogP contribution is -2.17. The fourth-order valence-corrected chi connectivity index (χ4v) is 1.94. The summed E-state index contributed by atoms with van der Waals surface area (Å²) >= 11 is 0.982. The number of rotatable bonds is 4. The molecule has 1 aromatic heterocycles. The summed E-state index contributed by atoms with van der Waals surface area (Å²) in [7, 11) is 0. The van der Waals surface area contributed by atoms with Crippen molar-refractivity contribution in [3.63, 3.8) is 0 Å². The van der Waals surface area contributed by atoms with Crippen LogP contribution in [-0.2, 0) is 6.42 Å². The van der Waals surface area contributed by atoms with Crippen LogP contribution in [0.2, 0.25) is 0 Å². The molecule has 0 aliphatic heterocycles. The third kappa shape index (κ3) is 4.18. The first-order valence-corrected chi connectivity index (χ1v) is 5.97. The van der Waals surface area contributed by atoms with Crippen molar-refractivity contribution in [1.82, 2.24) is 8.75 Å². The molecule has 4 nitrogen and oxygen atoms in total. The first-order chi connectivity index (χ1) is 8.94. The quantitative estimate of drug-likeness (QED) is 0.940. The first kappa shape index (κ1) is 13.8. The van der Waals surface area contributed by atoms with Crippen LogP contribution >= 0.6 is 11.7 Å². The van der Waals surface area contributed by atoms with Crippen molar-refractivity contribution in [2.45, 2.75) is 18.9 Å². The van der Waals surface area contributed by atoms with Crippen molar-refractivity contribution < 1.29 is 23.0 Å². The molecule has 0 saturated heterocycles. The van der Waals surface area contributed by atoms with Gasteiger partial charge in [-0.3, -0.25) is 0 Å². The van der Waals surface area contributed by atoms with Crippen LogP contribution in [0.25, 0.3) is 0 Å². The smallest absolute Gasteiger partial charge is 0.406 e. The Morgan fingerprint density at radius 1 is 1.26 bits per heavy atom. The molecule has 0 saturated carbocycles. The standard InChI is InChI=1S/C11H9F3N2O2S/c12-11(13,14)18-8-3-1-7(2-4-8)5-10(17)9-6-15-19-16-9/h1-4,6,10,17H,5H2. The maximum Gasteiger partial charge on any atom is 0.573 e. The van der Waals surface area contributed by atoms with Gasteiger partial charge in [0.25, 0.3) is 0 Å². The van der Waals surface area contributed by atoms with E-state index in [1.165, 1.54) is 30.5 Å². The van der Waals surface area contributed by atoms with Crippen molar-refractivity contribution >= 4 is 11.7 Å². The van der Waals surface area contributed by atoms with Crippen LogP contribution in [0.3, 0.4) is 0 Å². The molecule has 1 unspecified atom stereocenters. The number of aliphatic hydroxyl groups excluding tert-OH is 1. The summed E-state index contributed by atoms with van der Waals surface area (Å²) in [5, 5.41) is 9.81. The van der Waals surface area contributed by atoms with Crippen molar-refractivity contribution in [3.8, 4) is 5.75 Å². The predicted octanol–water partition coefficient (Wildman–Crippen LogP) is 2.71. The van der Waals surface area contributed by atoms with Gasteiger partial charge in [0.15, 0.2) is 0 Å². The lowest BCUT2D eigenvalue weighted by Gasteiger charge is -2.10. The molecule has 19 heavy (non-hydrogen) atoms. The minimum Gasteiger partial charge on any atom is -0.406 e. The Morgan fingerprint density at radius 3 is 2.47 bits per heavy atom. The molecule has 0 radical (unpaired) electrons. The average Bonchev–Trinajstić information content (AvgIpc) is 2.83. The molecule has 1 heterocycles. The van der Waals surface area contributed by atoms with Gasteiger partial charge in [0, 0.05) is 6.42 Å². The van der Waals surface area contributed by atoms with Gasteiger partial charge >= 0.3 is 6.36 Å². The third-order valence-corrected chi connectivity index (χ3v) is 2.80. The lowest BCUT2D eigenvalue weighted by atomic mass is 10.1. The average molecular weight is 290 g/mol. The van der Waals surface area contributed by atoms with Gasteiger partial charge in [-0.2, -0.15) is 8.75 Å². The Kier molecular flexibility index (Phi) is 4.01. The van der Waals surface area contributed by atoms with E-state index in [0.29, 0.717) is 11.3 Å². The number of nitrogens with zero attached hydrogens (tertiary/aromatic N) is 2. The minimum atomic E-state index is -4.70. The minimum absolute atomic E-state index is 0.248. The second-order valence-electron chi connectivity index (χ2n) is 3.74. The third-order valence-electron chi connectivity index (χ3n) is 2.31. The lowest BCUT2D eigenvalue weighted by molar-refractivity contribution is -0.274. The van der Waals surface area contributed by atoms with E-state index in [1.807, 2.05) is 0 Å². The summed E-state index contributed by atoms with van der Waals surface area (Å²) in [6.07, 6.45) is -3.82. The highest BCUT2D eigenvalue weighted by Crippen LogP contribution is 2.24. The Bertz CT molecular complexity index is 514. The maximum atomic E-state index is 12.0. The van der Waals surface area contributed by atoms with E-state index in [4.69, 9.17) is 0 Å². The summed E-state index contributed by atoms with van der Waals surface area (Å²) in [5.41, 5.74) is 1.12. The topological polar surface area (TPSA) is 55.2 Å². The fourth-order valence-electron chi connectivity index (χ4n) is 1.47. The highest BCUT2D eigenvalue weighted by molar-refractivity contribution is 6.99. The highest BCUT2D eigenvalue weighted by Gasteiger charge is 2.30. The first-order valence-electron chi connectivity index (χ1n) is 5.24. The molecule has 1 aromatic carbocycles. The van der Waals surface area contributed by atoms with Crippen molar-refractivity contribution in [2.24, 2.45) is 0 Å². The molecule has 0 aliphatic rings. The maximum absolute atomic E-state index is 12.0. The van der Waals surface area contributed by atoms with E-state index >= 15 is 0 Å². The molecule has 0 fully saturated rings. The largest absolute Gasteiger partial charge is 0.573 e. The molecular formula is C11H9F3N2O2S. The van der Waals surface area contributed by atoms with Crippen LogP contribution in [0.15, 0.2) is 30.5 Å². The Hall–Kier alpha value is -1.67. The summed E-state index contributed by atoms with van der Waals surface area (Å²) in [6.45, 7) is 0. The van der Waals surface area contributed by atoms with Gasteiger partial charge in [0.2, 0.25) is 0 Å². The molecule has 0 bridgehead atoms. The van der Waals surface area contributed by atoms with Crippen LogP contribution in [0.5, 0.6) is 5.75 Å². The molecule has 0 amide bonds. The van der Waals surface area contributed by atoms with Gasteiger partial charge in [0.1, 0.15) is 17.5 Å². The van der Waals surface area contributed by atoms with Gasteiger partial charge in [-0.15, -0.1) is 13.2 Å². The van der Waals surface area contributed by atoms with Crippen molar-refractivity contribution in [3.05, 3.63) is 41.7 Å². The normalized spacial score (nSPS) is 13.3. The molecule has 0 aliphatic carbocycles. The number of benzene rings is 1. The number of aliphatic hydroxyl groups is 1. The summed E-state index contributed by atoms with van der Waals surface area (Å²) < 4.78 is 47.3. The van der Waals surface area contributed by atoms with Gasteiger partial charge in [-0.25, -0.2) is 0 Å². The monoisotopic (exact) mass is 290 g/mol. The van der Waals surface area contributed by atoms with Crippen LogP contribution in [0.4, 0.5) is 13.2 Å². The predicted molar refractivity (Wildman–Crippen MR) is 61.7 cm³/mol. The van der Waals surface area contributed by atoms with Crippen molar-refractivity contribution in [1.29, 1.82) is 0 Å². The van der Waals surface area contributed by atoms with E-state index < -0.39 is 12.5 Å². The molecule has 0 spiro atoms. The van der Waals surface area contributed by atoms with Crippen LogP contribution in [-0.4, -0.2) is 20.2 Å². The Labute approximate surface area is 110 Å². The number of ether oxygens (including phenoxy) is 1. The zero-order valence-electron chi connectivity index (χ0n) is 9.46. The van der Waals surface area contributed by atoms with Crippen LogP contribution < -0.4 is 4.74 Å². The van der Waals surface area contributed by atoms with Crippen LogP contribution in [0.1, 0.15) is 17.4 Å². The molecule has 2 rings (SSSR count). The zero-order valence-corrected chi connectivity index (χ0v) is 10.3. The molecule has 102 valence electrons. The number of halogens is 3. The summed E-state index contributed by atoms with van der Waals surface area (Å²) in [6, 6.07) is 5.33. The second-order valence-corrected chi connectivity index (χ2v) is 4.30. The number of hydrogen-bond acceptors (Lipinski definition) is 5. The SMILES string of the molecule is OC(Cc1ccc(OC(F)(F)F)cc1)c1cnsn1. The number of aromatic nitrogens is 2. The highest BCUT2D eigenvalue weighted by atomic mass is 32.1. The Balaban J connectivity index is 1.99. The fraction of sp³-hybridized carbons (Fsp3) is 0.273. The van der Waals surface area contributed by atoms with Gasteiger partial charge in [-0.05, 0) is 17.7 Å². The van der Waals surface area contributed by atoms with Crippen LogP contribution in [0, 0.1) is 0 Å². The van der Waals surface area contributed by atoms with Gasteiger partial charge in [0.05, 0.1) is 17.9 Å². The molecule has 1 N–H and O–H groups in total. The number of alkyl halides is 3. The van der Waals surface area contributed by atoms with Crippen molar-refractivity contribution in [2.75, 3.05) is 0 Å².